The van der Waals surface area contributed by atoms with Crippen LogP contribution in [0.4, 0.5) is 0 Å². The number of carbonyl (C=O) groups is 2. The van der Waals surface area contributed by atoms with E-state index in [1.807, 2.05) is 19.1 Å². The van der Waals surface area contributed by atoms with E-state index in [2.05, 4.69) is 4.74 Å². The molecule has 0 heterocycles. The van der Waals surface area contributed by atoms with Crippen LogP contribution in [0.5, 0.6) is 0 Å². The van der Waals surface area contributed by atoms with E-state index in [4.69, 9.17) is 0 Å². The summed E-state index contributed by atoms with van der Waals surface area (Å²) in [5, 5.41) is 0. The van der Waals surface area contributed by atoms with Crippen LogP contribution >= 0.6 is 0 Å². The lowest BCUT2D eigenvalue weighted by molar-refractivity contribution is -0.139. The molecule has 0 saturated heterocycles. The van der Waals surface area contributed by atoms with Crippen molar-refractivity contribution in [3.05, 3.63) is 34.9 Å². The van der Waals surface area contributed by atoms with Gasteiger partial charge in [0.15, 0.2) is 5.78 Å². The number of ketones is 1. The monoisotopic (exact) mass is 206 g/mol. The summed E-state index contributed by atoms with van der Waals surface area (Å²) in [5.74, 6) is -0.364. The number of carbonyl (C=O) groups excluding carboxylic acids is 2. The van der Waals surface area contributed by atoms with E-state index in [1.165, 1.54) is 14.0 Å². The summed E-state index contributed by atoms with van der Waals surface area (Å²) in [6, 6.07) is 5.45. The van der Waals surface area contributed by atoms with Crippen molar-refractivity contribution in [2.45, 2.75) is 20.3 Å². The molecule has 0 unspecified atom stereocenters. The lowest BCUT2D eigenvalue weighted by Gasteiger charge is -2.06. The topological polar surface area (TPSA) is 43.4 Å². The van der Waals surface area contributed by atoms with Crippen LogP contribution in [0.1, 0.15) is 28.4 Å². The number of methoxy groups -OCH3 is 1. The molecule has 0 fully saturated rings. The second-order valence-corrected chi connectivity index (χ2v) is 3.47. The zero-order valence-electron chi connectivity index (χ0n) is 9.16. The van der Waals surface area contributed by atoms with Gasteiger partial charge in [-0.1, -0.05) is 23.8 Å². The second-order valence-electron chi connectivity index (χ2n) is 3.47. The third kappa shape index (κ3) is 2.91. The first-order valence-electron chi connectivity index (χ1n) is 4.72. The van der Waals surface area contributed by atoms with E-state index in [-0.39, 0.29) is 18.2 Å². The number of rotatable bonds is 3. The maximum atomic E-state index is 11.3. The lowest BCUT2D eigenvalue weighted by atomic mass is 9.99. The van der Waals surface area contributed by atoms with Crippen molar-refractivity contribution in [2.24, 2.45) is 0 Å². The molecule has 0 aliphatic heterocycles. The predicted molar refractivity (Wildman–Crippen MR) is 56.9 cm³/mol. The highest BCUT2D eigenvalue weighted by Crippen LogP contribution is 2.13. The van der Waals surface area contributed by atoms with Gasteiger partial charge in [0, 0.05) is 5.56 Å². The highest BCUT2D eigenvalue weighted by atomic mass is 16.5. The van der Waals surface area contributed by atoms with E-state index < -0.39 is 0 Å². The van der Waals surface area contributed by atoms with E-state index in [0.29, 0.717) is 5.56 Å². The van der Waals surface area contributed by atoms with E-state index in [9.17, 15) is 9.59 Å². The van der Waals surface area contributed by atoms with Crippen LogP contribution in [-0.2, 0) is 16.0 Å². The van der Waals surface area contributed by atoms with Gasteiger partial charge >= 0.3 is 5.97 Å². The van der Waals surface area contributed by atoms with Gasteiger partial charge in [-0.05, 0) is 19.4 Å². The summed E-state index contributed by atoms with van der Waals surface area (Å²) in [4.78, 5) is 22.4. The van der Waals surface area contributed by atoms with Crippen molar-refractivity contribution >= 4 is 11.8 Å². The first-order valence-corrected chi connectivity index (χ1v) is 4.72. The zero-order valence-corrected chi connectivity index (χ0v) is 9.16. The van der Waals surface area contributed by atoms with Crippen molar-refractivity contribution in [2.75, 3.05) is 7.11 Å². The Morgan fingerprint density at radius 2 is 2.00 bits per heavy atom. The molecule has 15 heavy (non-hydrogen) atoms. The summed E-state index contributed by atoms with van der Waals surface area (Å²) in [7, 11) is 1.34. The van der Waals surface area contributed by atoms with Gasteiger partial charge < -0.3 is 4.74 Å². The van der Waals surface area contributed by atoms with Gasteiger partial charge in [0.05, 0.1) is 13.5 Å². The molecule has 3 nitrogen and oxygen atoms in total. The maximum absolute atomic E-state index is 11.3. The third-order valence-corrected chi connectivity index (χ3v) is 2.20. The number of hydrogen-bond acceptors (Lipinski definition) is 3. The number of ether oxygens (including phenoxy) is 1. The molecular formula is C12H14O3. The first-order chi connectivity index (χ1) is 7.04. The molecule has 80 valence electrons. The highest BCUT2D eigenvalue weighted by molar-refractivity contribution is 5.96. The molecule has 0 spiro atoms. The summed E-state index contributed by atoms with van der Waals surface area (Å²) in [5.41, 5.74) is 2.35. The minimum atomic E-state index is -0.330. The second kappa shape index (κ2) is 4.73. The van der Waals surface area contributed by atoms with Crippen LogP contribution in [0.2, 0.25) is 0 Å². The number of esters is 1. The summed E-state index contributed by atoms with van der Waals surface area (Å²) >= 11 is 0. The highest BCUT2D eigenvalue weighted by Gasteiger charge is 2.11. The molecule has 0 aromatic heterocycles. The minimum Gasteiger partial charge on any atom is -0.469 e. The first kappa shape index (κ1) is 11.4. The predicted octanol–water partition coefficient (Wildman–Crippen LogP) is 1.91. The lowest BCUT2D eigenvalue weighted by Crippen LogP contribution is -2.09. The fourth-order valence-corrected chi connectivity index (χ4v) is 1.44. The van der Waals surface area contributed by atoms with Crippen LogP contribution in [0.15, 0.2) is 18.2 Å². The Morgan fingerprint density at radius 3 is 2.53 bits per heavy atom. The summed E-state index contributed by atoms with van der Waals surface area (Å²) in [6.45, 7) is 3.41. The van der Waals surface area contributed by atoms with Gasteiger partial charge in [0.2, 0.25) is 0 Å². The Labute approximate surface area is 89.1 Å². The smallest absolute Gasteiger partial charge is 0.310 e. The molecule has 0 bridgehead atoms. The summed E-state index contributed by atoms with van der Waals surface area (Å²) in [6.07, 6.45) is 0.146. The third-order valence-electron chi connectivity index (χ3n) is 2.20. The molecule has 1 rings (SSSR count). The molecule has 0 saturated carbocycles. The molecule has 0 aliphatic carbocycles. The van der Waals surface area contributed by atoms with Crippen LogP contribution in [0.25, 0.3) is 0 Å². The van der Waals surface area contributed by atoms with Crippen LogP contribution < -0.4 is 0 Å². The van der Waals surface area contributed by atoms with E-state index in [1.54, 1.807) is 6.07 Å². The Balaban J connectivity index is 3.07. The Bertz CT molecular complexity index is 394. The van der Waals surface area contributed by atoms with Gasteiger partial charge in [0.1, 0.15) is 0 Å². The molecule has 3 heteroatoms. The standard InChI is InChI=1S/C12H14O3/c1-8-4-5-11(9(2)13)10(6-8)7-12(14)15-3/h4-6H,7H2,1-3H3. The maximum Gasteiger partial charge on any atom is 0.310 e. The Morgan fingerprint density at radius 1 is 1.33 bits per heavy atom. The van der Waals surface area contributed by atoms with Gasteiger partial charge in [0.25, 0.3) is 0 Å². The van der Waals surface area contributed by atoms with Crippen LogP contribution in [0.3, 0.4) is 0 Å². The normalized spacial score (nSPS) is 9.80. The fourth-order valence-electron chi connectivity index (χ4n) is 1.44. The van der Waals surface area contributed by atoms with Crippen molar-refractivity contribution < 1.29 is 14.3 Å². The van der Waals surface area contributed by atoms with Gasteiger partial charge in [-0.15, -0.1) is 0 Å². The van der Waals surface area contributed by atoms with Crippen LogP contribution in [-0.4, -0.2) is 18.9 Å². The molecule has 0 N–H and O–H groups in total. The Hall–Kier alpha value is -1.64. The van der Waals surface area contributed by atoms with Crippen molar-refractivity contribution in [1.82, 2.24) is 0 Å². The number of hydrogen-bond donors (Lipinski definition) is 0. The number of aryl methyl sites for hydroxylation is 1. The molecule has 0 atom stereocenters. The molecule has 1 aromatic rings. The number of Topliss-reactive ketones (excluding diaryl/α,β-unsaturated/α-hetero) is 1. The molecular weight excluding hydrogens is 192 g/mol. The molecule has 0 aliphatic rings. The largest absolute Gasteiger partial charge is 0.469 e. The van der Waals surface area contributed by atoms with E-state index >= 15 is 0 Å². The van der Waals surface area contributed by atoms with Gasteiger partial charge in [-0.2, -0.15) is 0 Å². The average molecular weight is 206 g/mol. The SMILES string of the molecule is COC(=O)Cc1cc(C)ccc1C(C)=O. The van der Waals surface area contributed by atoms with Crippen molar-refractivity contribution in [3.63, 3.8) is 0 Å². The van der Waals surface area contributed by atoms with Crippen LogP contribution in [0, 0.1) is 6.92 Å². The fraction of sp³-hybridized carbons (Fsp3) is 0.333. The van der Waals surface area contributed by atoms with Gasteiger partial charge in [-0.3, -0.25) is 9.59 Å². The van der Waals surface area contributed by atoms with E-state index in [0.717, 1.165) is 11.1 Å². The Kier molecular flexibility index (Phi) is 3.61. The summed E-state index contributed by atoms with van der Waals surface area (Å²) < 4.78 is 4.58. The molecule has 1 aromatic carbocycles. The minimum absolute atomic E-state index is 0.0334. The molecule has 0 radical (unpaired) electrons. The zero-order chi connectivity index (χ0) is 11.4. The molecule has 0 amide bonds. The van der Waals surface area contributed by atoms with Crippen molar-refractivity contribution in [1.29, 1.82) is 0 Å². The van der Waals surface area contributed by atoms with Crippen molar-refractivity contribution in [3.8, 4) is 0 Å². The number of benzene rings is 1. The average Bonchev–Trinajstić information content (AvgIpc) is 2.17. The quantitative estimate of drug-likeness (QED) is 0.560. The van der Waals surface area contributed by atoms with Gasteiger partial charge in [-0.25, -0.2) is 0 Å².